The van der Waals surface area contributed by atoms with Crippen molar-refractivity contribution >= 4 is 21.6 Å². The van der Waals surface area contributed by atoms with Crippen molar-refractivity contribution in [3.05, 3.63) is 24.3 Å². The lowest BCUT2D eigenvalue weighted by Crippen LogP contribution is -2.25. The second-order valence-electron chi connectivity index (χ2n) is 4.57. The zero-order valence-electron chi connectivity index (χ0n) is 12.4. The zero-order valence-corrected chi connectivity index (χ0v) is 13.2. The van der Waals surface area contributed by atoms with E-state index < -0.39 is 10.0 Å². The number of ether oxygens (including phenoxy) is 1. The van der Waals surface area contributed by atoms with Gasteiger partial charge < -0.3 is 10.1 Å². The zero-order chi connectivity index (χ0) is 15.7. The summed E-state index contributed by atoms with van der Waals surface area (Å²) >= 11 is 0. The van der Waals surface area contributed by atoms with E-state index >= 15 is 0 Å². The summed E-state index contributed by atoms with van der Waals surface area (Å²) < 4.78 is 31.3. The largest absolute Gasteiger partial charge is 0.385 e. The third-order valence-corrected chi connectivity index (χ3v) is 4.22. The number of nitrogens with one attached hydrogen (secondary N) is 2. The highest BCUT2D eigenvalue weighted by Crippen LogP contribution is 2.14. The molecule has 0 bridgehead atoms. The average Bonchev–Trinajstić information content (AvgIpc) is 2.44. The third kappa shape index (κ3) is 6.24. The highest BCUT2D eigenvalue weighted by atomic mass is 32.2. The van der Waals surface area contributed by atoms with Gasteiger partial charge in [0.25, 0.3) is 0 Å². The fourth-order valence-electron chi connectivity index (χ4n) is 1.67. The number of rotatable bonds is 9. The van der Waals surface area contributed by atoms with E-state index in [1.165, 1.54) is 12.1 Å². The van der Waals surface area contributed by atoms with E-state index in [-0.39, 0.29) is 10.8 Å². The van der Waals surface area contributed by atoms with Gasteiger partial charge in [-0.2, -0.15) is 0 Å². The first-order valence-electron chi connectivity index (χ1n) is 6.88. The molecule has 0 aliphatic rings. The minimum Gasteiger partial charge on any atom is -0.385 e. The number of amides is 1. The first kappa shape index (κ1) is 17.6. The van der Waals surface area contributed by atoms with Crippen molar-refractivity contribution in [1.82, 2.24) is 4.72 Å². The van der Waals surface area contributed by atoms with E-state index in [4.69, 9.17) is 4.74 Å². The Labute approximate surface area is 125 Å². The van der Waals surface area contributed by atoms with Crippen LogP contribution in [0.1, 0.15) is 26.2 Å². The molecule has 0 atom stereocenters. The average molecular weight is 314 g/mol. The van der Waals surface area contributed by atoms with Crippen LogP contribution in [0, 0.1) is 0 Å². The molecule has 0 unspecified atom stereocenters. The number of benzene rings is 1. The van der Waals surface area contributed by atoms with Crippen molar-refractivity contribution in [2.24, 2.45) is 0 Å². The number of methoxy groups -OCH3 is 1. The van der Waals surface area contributed by atoms with Gasteiger partial charge in [0.2, 0.25) is 15.9 Å². The molecule has 0 saturated carbocycles. The molecule has 1 rings (SSSR count). The van der Waals surface area contributed by atoms with Crippen LogP contribution in [-0.4, -0.2) is 34.6 Å². The first-order chi connectivity index (χ1) is 9.99. The lowest BCUT2D eigenvalue weighted by molar-refractivity contribution is -0.116. The number of carbonyl (C=O) groups excluding carboxylic acids is 1. The van der Waals surface area contributed by atoms with Gasteiger partial charge in [0.1, 0.15) is 0 Å². The Morgan fingerprint density at radius 2 is 1.90 bits per heavy atom. The summed E-state index contributed by atoms with van der Waals surface area (Å²) in [6.07, 6.45) is 1.83. The summed E-state index contributed by atoms with van der Waals surface area (Å²) in [7, 11) is -1.94. The Morgan fingerprint density at radius 3 is 2.48 bits per heavy atom. The minimum absolute atomic E-state index is 0.0780. The van der Waals surface area contributed by atoms with Crippen molar-refractivity contribution in [3.63, 3.8) is 0 Å². The van der Waals surface area contributed by atoms with E-state index in [1.54, 1.807) is 19.2 Å². The summed E-state index contributed by atoms with van der Waals surface area (Å²) in [6.45, 7) is 2.75. The Kier molecular flexibility index (Phi) is 7.35. The predicted molar refractivity (Wildman–Crippen MR) is 81.7 cm³/mol. The van der Waals surface area contributed by atoms with Crippen LogP contribution in [0.15, 0.2) is 29.2 Å². The van der Waals surface area contributed by atoms with Crippen LogP contribution in [0.3, 0.4) is 0 Å². The number of carbonyl (C=O) groups is 1. The maximum Gasteiger partial charge on any atom is 0.240 e. The molecule has 21 heavy (non-hydrogen) atoms. The number of hydrogen-bond donors (Lipinski definition) is 2. The molecule has 118 valence electrons. The van der Waals surface area contributed by atoms with Gasteiger partial charge in [-0.3, -0.25) is 4.79 Å². The van der Waals surface area contributed by atoms with Crippen molar-refractivity contribution in [2.45, 2.75) is 31.1 Å². The molecule has 6 nitrogen and oxygen atoms in total. The molecular weight excluding hydrogens is 292 g/mol. The lowest BCUT2D eigenvalue weighted by atomic mass is 10.3. The smallest absolute Gasteiger partial charge is 0.240 e. The summed E-state index contributed by atoms with van der Waals surface area (Å²) in [5.74, 6) is -0.0780. The number of hydrogen-bond acceptors (Lipinski definition) is 4. The quantitative estimate of drug-likeness (QED) is 0.680. The minimum atomic E-state index is -3.51. The molecule has 0 spiro atoms. The Bertz CT molecular complexity index is 541. The van der Waals surface area contributed by atoms with Gasteiger partial charge in [-0.15, -0.1) is 0 Å². The molecule has 0 heterocycles. The molecule has 0 saturated heterocycles. The monoisotopic (exact) mass is 314 g/mol. The topological polar surface area (TPSA) is 84.5 Å². The lowest BCUT2D eigenvalue weighted by Gasteiger charge is -2.08. The van der Waals surface area contributed by atoms with Gasteiger partial charge in [-0.25, -0.2) is 13.1 Å². The standard InChI is InChI=1S/C14H22N2O4S/c1-3-5-14(17)16-12-6-8-13(9-7-12)21(18,19)15-10-4-11-20-2/h6-9,15H,3-5,10-11H2,1-2H3,(H,16,17). The van der Waals surface area contributed by atoms with E-state index in [9.17, 15) is 13.2 Å². The van der Waals surface area contributed by atoms with E-state index in [2.05, 4.69) is 10.0 Å². The Hall–Kier alpha value is -1.44. The van der Waals surface area contributed by atoms with Crippen LogP contribution >= 0.6 is 0 Å². The predicted octanol–water partition coefficient (Wildman–Crippen LogP) is 1.74. The molecule has 0 aromatic heterocycles. The summed E-state index contributed by atoms with van der Waals surface area (Å²) in [4.78, 5) is 11.6. The van der Waals surface area contributed by atoms with Crippen LogP contribution in [0.4, 0.5) is 5.69 Å². The highest BCUT2D eigenvalue weighted by molar-refractivity contribution is 7.89. The summed E-state index contributed by atoms with van der Waals surface area (Å²) in [5.41, 5.74) is 0.590. The molecule has 0 fully saturated rings. The van der Waals surface area contributed by atoms with E-state index in [1.807, 2.05) is 6.92 Å². The molecule has 0 radical (unpaired) electrons. The van der Waals surface area contributed by atoms with Crippen LogP contribution in [-0.2, 0) is 19.6 Å². The van der Waals surface area contributed by atoms with Crippen LogP contribution in [0.2, 0.25) is 0 Å². The van der Waals surface area contributed by atoms with Gasteiger partial charge in [0.15, 0.2) is 0 Å². The van der Waals surface area contributed by atoms with Gasteiger partial charge in [-0.05, 0) is 37.1 Å². The van der Waals surface area contributed by atoms with Crippen LogP contribution in [0.5, 0.6) is 0 Å². The van der Waals surface area contributed by atoms with Gasteiger partial charge in [0.05, 0.1) is 4.90 Å². The molecule has 7 heteroatoms. The van der Waals surface area contributed by atoms with Crippen molar-refractivity contribution in [3.8, 4) is 0 Å². The van der Waals surface area contributed by atoms with Gasteiger partial charge in [0, 0.05) is 32.4 Å². The normalized spacial score (nSPS) is 11.3. The van der Waals surface area contributed by atoms with Crippen molar-refractivity contribution in [1.29, 1.82) is 0 Å². The third-order valence-electron chi connectivity index (χ3n) is 2.74. The van der Waals surface area contributed by atoms with Gasteiger partial charge >= 0.3 is 0 Å². The Balaban J connectivity index is 2.61. The SMILES string of the molecule is CCCC(=O)Nc1ccc(S(=O)(=O)NCCCOC)cc1. The summed E-state index contributed by atoms with van der Waals surface area (Å²) in [5, 5.41) is 2.71. The molecule has 0 aliphatic carbocycles. The Morgan fingerprint density at radius 1 is 1.24 bits per heavy atom. The fraction of sp³-hybridized carbons (Fsp3) is 0.500. The molecule has 0 aliphatic heterocycles. The number of sulfonamides is 1. The molecule has 1 amide bonds. The highest BCUT2D eigenvalue weighted by Gasteiger charge is 2.13. The van der Waals surface area contributed by atoms with Crippen LogP contribution < -0.4 is 10.0 Å². The first-order valence-corrected chi connectivity index (χ1v) is 8.36. The summed E-state index contributed by atoms with van der Waals surface area (Å²) in [6, 6.07) is 6.11. The second kappa shape index (κ2) is 8.76. The van der Waals surface area contributed by atoms with E-state index in [0.29, 0.717) is 31.7 Å². The molecule has 2 N–H and O–H groups in total. The van der Waals surface area contributed by atoms with Crippen LogP contribution in [0.25, 0.3) is 0 Å². The molecule has 1 aromatic rings. The second-order valence-corrected chi connectivity index (χ2v) is 6.33. The fourth-order valence-corrected chi connectivity index (χ4v) is 2.75. The molecule has 1 aromatic carbocycles. The van der Waals surface area contributed by atoms with Crippen molar-refractivity contribution in [2.75, 3.05) is 25.6 Å². The molecular formula is C14H22N2O4S. The maximum absolute atomic E-state index is 12.0. The number of anilines is 1. The van der Waals surface area contributed by atoms with Gasteiger partial charge in [-0.1, -0.05) is 6.92 Å². The maximum atomic E-state index is 12.0. The van der Waals surface area contributed by atoms with Crippen molar-refractivity contribution < 1.29 is 17.9 Å². The van der Waals surface area contributed by atoms with E-state index in [0.717, 1.165) is 6.42 Å².